The summed E-state index contributed by atoms with van der Waals surface area (Å²) in [5.74, 6) is -0.309. The number of rotatable bonds is 5. The molecule has 0 atom stereocenters. The van der Waals surface area contributed by atoms with Gasteiger partial charge in [0.2, 0.25) is 0 Å². The molecule has 4 aromatic rings. The molecule has 0 unspecified atom stereocenters. The predicted molar refractivity (Wildman–Crippen MR) is 117 cm³/mol. The van der Waals surface area contributed by atoms with Crippen LogP contribution in [0.1, 0.15) is 17.3 Å². The van der Waals surface area contributed by atoms with Gasteiger partial charge in [-0.3, -0.25) is 4.79 Å². The van der Waals surface area contributed by atoms with Crippen LogP contribution in [-0.2, 0) is 9.84 Å². The summed E-state index contributed by atoms with van der Waals surface area (Å²) in [6.45, 7) is 1.59. The fourth-order valence-corrected chi connectivity index (χ4v) is 4.66. The maximum atomic E-state index is 13.1. The fourth-order valence-electron chi connectivity index (χ4n) is 3.05. The van der Waals surface area contributed by atoms with Crippen molar-refractivity contribution in [1.29, 1.82) is 0 Å². The first-order chi connectivity index (χ1) is 14.0. The Kier molecular flexibility index (Phi) is 5.17. The molecule has 2 heterocycles. The van der Waals surface area contributed by atoms with Gasteiger partial charge in [0.25, 0.3) is 5.91 Å². The molecule has 7 heteroatoms. The van der Waals surface area contributed by atoms with Gasteiger partial charge in [0, 0.05) is 11.1 Å². The molecule has 0 saturated carbocycles. The molecule has 0 aliphatic heterocycles. The molecule has 0 aliphatic carbocycles. The van der Waals surface area contributed by atoms with Crippen molar-refractivity contribution < 1.29 is 13.2 Å². The summed E-state index contributed by atoms with van der Waals surface area (Å²) < 4.78 is 24.3. The zero-order chi connectivity index (χ0) is 20.4. The van der Waals surface area contributed by atoms with Crippen LogP contribution in [0.15, 0.2) is 77.0 Å². The van der Waals surface area contributed by atoms with E-state index in [1.807, 2.05) is 41.8 Å². The van der Waals surface area contributed by atoms with E-state index in [4.69, 9.17) is 0 Å². The van der Waals surface area contributed by atoms with E-state index in [0.717, 1.165) is 21.5 Å². The Balaban J connectivity index is 1.75. The first-order valence-corrected chi connectivity index (χ1v) is 11.6. The Labute approximate surface area is 173 Å². The normalized spacial score (nSPS) is 11.5. The molecule has 1 N–H and O–H groups in total. The van der Waals surface area contributed by atoms with Crippen LogP contribution in [0.4, 0.5) is 5.69 Å². The number of para-hydroxylation sites is 1. The van der Waals surface area contributed by atoms with Crippen molar-refractivity contribution in [1.82, 2.24) is 4.98 Å². The van der Waals surface area contributed by atoms with Crippen LogP contribution in [0, 0.1) is 0 Å². The molecule has 0 bridgehead atoms. The number of nitrogens with zero attached hydrogens (tertiary/aromatic N) is 1. The number of fused-ring (bicyclic) bond motifs is 1. The number of nitrogens with one attached hydrogen (secondary N) is 1. The highest BCUT2D eigenvalue weighted by atomic mass is 32.2. The standard InChI is InChI=1S/C22H18N2O3S2/c1-2-29(26,27)16-8-5-7-15(13-16)23-22(25)18-14-20(21-11-6-12-28-21)24-19-10-4-3-9-17(18)19/h3-14H,2H2,1H3,(H,23,25). The minimum absolute atomic E-state index is 0.00354. The minimum Gasteiger partial charge on any atom is -0.322 e. The summed E-state index contributed by atoms with van der Waals surface area (Å²) in [6.07, 6.45) is 0. The summed E-state index contributed by atoms with van der Waals surface area (Å²) in [6, 6.07) is 19.5. The summed E-state index contributed by atoms with van der Waals surface area (Å²) in [4.78, 5) is 18.9. The van der Waals surface area contributed by atoms with Crippen molar-refractivity contribution in [2.24, 2.45) is 0 Å². The van der Waals surface area contributed by atoms with Gasteiger partial charge in [-0.15, -0.1) is 11.3 Å². The van der Waals surface area contributed by atoms with Gasteiger partial charge in [-0.05, 0) is 41.8 Å². The fraction of sp³-hybridized carbons (Fsp3) is 0.0909. The number of carbonyl (C=O) groups excluding carboxylic acids is 1. The van der Waals surface area contributed by atoms with E-state index in [0.29, 0.717) is 11.3 Å². The second-order valence-electron chi connectivity index (χ2n) is 6.43. The van der Waals surface area contributed by atoms with E-state index in [1.165, 1.54) is 12.1 Å². The average Bonchev–Trinajstić information content (AvgIpc) is 3.28. The smallest absolute Gasteiger partial charge is 0.256 e. The number of anilines is 1. The van der Waals surface area contributed by atoms with Crippen molar-refractivity contribution in [3.8, 4) is 10.6 Å². The number of thiophene rings is 1. The van der Waals surface area contributed by atoms with Crippen molar-refractivity contribution in [2.45, 2.75) is 11.8 Å². The number of hydrogen-bond donors (Lipinski definition) is 1. The van der Waals surface area contributed by atoms with Crippen molar-refractivity contribution in [3.63, 3.8) is 0 Å². The molecule has 5 nitrogen and oxygen atoms in total. The highest BCUT2D eigenvalue weighted by molar-refractivity contribution is 7.91. The lowest BCUT2D eigenvalue weighted by Gasteiger charge is -2.11. The van der Waals surface area contributed by atoms with Crippen LogP contribution in [-0.4, -0.2) is 25.1 Å². The van der Waals surface area contributed by atoms with E-state index in [9.17, 15) is 13.2 Å². The number of carbonyl (C=O) groups is 1. The molecular weight excluding hydrogens is 404 g/mol. The molecule has 1 amide bonds. The Morgan fingerprint density at radius 1 is 1.03 bits per heavy atom. The first-order valence-electron chi connectivity index (χ1n) is 9.06. The molecule has 146 valence electrons. The van der Waals surface area contributed by atoms with Gasteiger partial charge < -0.3 is 5.32 Å². The lowest BCUT2D eigenvalue weighted by Crippen LogP contribution is -2.13. The average molecular weight is 423 g/mol. The molecule has 0 aliphatic rings. The van der Waals surface area contributed by atoms with E-state index in [1.54, 1.807) is 36.5 Å². The van der Waals surface area contributed by atoms with Gasteiger partial charge in [0.15, 0.2) is 9.84 Å². The van der Waals surface area contributed by atoms with Crippen LogP contribution in [0.2, 0.25) is 0 Å². The monoisotopic (exact) mass is 422 g/mol. The maximum Gasteiger partial charge on any atom is 0.256 e. The number of benzene rings is 2. The molecule has 4 rings (SSSR count). The Morgan fingerprint density at radius 3 is 2.62 bits per heavy atom. The lowest BCUT2D eigenvalue weighted by molar-refractivity contribution is 0.102. The van der Waals surface area contributed by atoms with Crippen LogP contribution in [0.5, 0.6) is 0 Å². The van der Waals surface area contributed by atoms with Gasteiger partial charge in [0.1, 0.15) is 0 Å². The van der Waals surface area contributed by atoms with Crippen LogP contribution < -0.4 is 5.32 Å². The molecule has 0 radical (unpaired) electrons. The van der Waals surface area contributed by atoms with Crippen molar-refractivity contribution >= 4 is 43.7 Å². The molecule has 0 fully saturated rings. The van der Waals surface area contributed by atoms with Crippen molar-refractivity contribution in [3.05, 3.63) is 77.7 Å². The third kappa shape index (κ3) is 3.92. The zero-order valence-corrected chi connectivity index (χ0v) is 17.3. The van der Waals surface area contributed by atoms with Crippen molar-refractivity contribution in [2.75, 3.05) is 11.1 Å². The number of pyridine rings is 1. The summed E-state index contributed by atoms with van der Waals surface area (Å²) in [5, 5.41) is 5.53. The molecular formula is C22H18N2O3S2. The molecule has 2 aromatic heterocycles. The summed E-state index contributed by atoms with van der Waals surface area (Å²) in [5.41, 5.74) is 2.38. The zero-order valence-electron chi connectivity index (χ0n) is 15.6. The van der Waals surface area contributed by atoms with Crippen LogP contribution >= 0.6 is 11.3 Å². The largest absolute Gasteiger partial charge is 0.322 e. The van der Waals surface area contributed by atoms with Gasteiger partial charge >= 0.3 is 0 Å². The van der Waals surface area contributed by atoms with Gasteiger partial charge in [0.05, 0.1) is 32.3 Å². The third-order valence-electron chi connectivity index (χ3n) is 4.57. The first kappa shape index (κ1) is 19.3. The SMILES string of the molecule is CCS(=O)(=O)c1cccc(NC(=O)c2cc(-c3cccs3)nc3ccccc23)c1. The lowest BCUT2D eigenvalue weighted by atomic mass is 10.1. The quantitative estimate of drug-likeness (QED) is 0.491. The number of hydrogen-bond acceptors (Lipinski definition) is 5. The second-order valence-corrected chi connectivity index (χ2v) is 9.66. The van der Waals surface area contributed by atoms with Crippen LogP contribution in [0.3, 0.4) is 0 Å². The highest BCUT2D eigenvalue weighted by Crippen LogP contribution is 2.28. The Bertz CT molecular complexity index is 1300. The topological polar surface area (TPSA) is 76.1 Å². The maximum absolute atomic E-state index is 13.1. The Hall–Kier alpha value is -3.03. The van der Waals surface area contributed by atoms with E-state index < -0.39 is 9.84 Å². The number of aromatic nitrogens is 1. The molecule has 0 saturated heterocycles. The second kappa shape index (κ2) is 7.77. The van der Waals surface area contributed by atoms with E-state index in [2.05, 4.69) is 10.3 Å². The van der Waals surface area contributed by atoms with Gasteiger partial charge in [-0.2, -0.15) is 0 Å². The number of amides is 1. The summed E-state index contributed by atoms with van der Waals surface area (Å²) in [7, 11) is -3.35. The van der Waals surface area contributed by atoms with Gasteiger partial charge in [-0.1, -0.05) is 37.3 Å². The summed E-state index contributed by atoms with van der Waals surface area (Å²) >= 11 is 1.56. The molecule has 0 spiro atoms. The number of sulfone groups is 1. The van der Waals surface area contributed by atoms with E-state index >= 15 is 0 Å². The van der Waals surface area contributed by atoms with Gasteiger partial charge in [-0.25, -0.2) is 13.4 Å². The van der Waals surface area contributed by atoms with Crippen LogP contribution in [0.25, 0.3) is 21.5 Å². The predicted octanol–water partition coefficient (Wildman–Crippen LogP) is 5.01. The molecule has 29 heavy (non-hydrogen) atoms. The Morgan fingerprint density at radius 2 is 1.86 bits per heavy atom. The highest BCUT2D eigenvalue weighted by Gasteiger charge is 2.16. The molecule has 2 aromatic carbocycles. The third-order valence-corrected chi connectivity index (χ3v) is 7.19. The van der Waals surface area contributed by atoms with E-state index in [-0.39, 0.29) is 16.6 Å². The minimum atomic E-state index is -3.35.